The van der Waals surface area contributed by atoms with Crippen LogP contribution in [0.15, 0.2) is 6.33 Å². The summed E-state index contributed by atoms with van der Waals surface area (Å²) in [5.41, 5.74) is -0.00713. The summed E-state index contributed by atoms with van der Waals surface area (Å²) < 4.78 is 1.63. The Kier molecular flexibility index (Phi) is 5.62. The Bertz CT molecular complexity index is 593. The fourth-order valence-corrected chi connectivity index (χ4v) is 4.01. The van der Waals surface area contributed by atoms with Crippen molar-refractivity contribution in [3.05, 3.63) is 6.33 Å². The molecular weight excluding hydrogens is 324 g/mol. The summed E-state index contributed by atoms with van der Waals surface area (Å²) in [5, 5.41) is 20.1. The van der Waals surface area contributed by atoms with E-state index in [0.29, 0.717) is 45.4 Å². The molecule has 1 aromatic heterocycles. The zero-order valence-electron chi connectivity index (χ0n) is 14.5. The molecule has 138 valence electrons. The summed E-state index contributed by atoms with van der Waals surface area (Å²) in [7, 11) is 0. The molecule has 0 bridgehead atoms. The molecule has 1 N–H and O–H groups in total. The molecule has 1 atom stereocenters. The lowest BCUT2D eigenvalue weighted by Crippen LogP contribution is -2.55. The Morgan fingerprint density at radius 1 is 1.28 bits per heavy atom. The van der Waals surface area contributed by atoms with Gasteiger partial charge in [0.2, 0.25) is 11.8 Å². The van der Waals surface area contributed by atoms with E-state index in [1.165, 1.54) is 0 Å². The number of piperidine rings is 2. The van der Waals surface area contributed by atoms with Crippen LogP contribution < -0.4 is 0 Å². The van der Waals surface area contributed by atoms with Crippen molar-refractivity contribution in [3.63, 3.8) is 0 Å². The molecule has 2 saturated heterocycles. The summed E-state index contributed by atoms with van der Waals surface area (Å²) in [4.78, 5) is 28.3. The topological polar surface area (TPSA) is 104 Å². The highest BCUT2D eigenvalue weighted by Crippen LogP contribution is 2.39. The molecule has 9 heteroatoms. The largest absolute Gasteiger partial charge is 0.395 e. The molecular formula is C16H26N6O3. The molecule has 2 aliphatic rings. The number of nitrogens with zero attached hydrogens (tertiary/aromatic N) is 6. The molecule has 0 saturated carbocycles. The number of tetrazole rings is 1. The minimum Gasteiger partial charge on any atom is -0.395 e. The minimum absolute atomic E-state index is 0.00713. The zero-order chi connectivity index (χ0) is 17.7. The Morgan fingerprint density at radius 2 is 2.16 bits per heavy atom. The fourth-order valence-electron chi connectivity index (χ4n) is 4.01. The van der Waals surface area contributed by atoms with Gasteiger partial charge in [-0.25, -0.2) is 4.68 Å². The molecule has 25 heavy (non-hydrogen) atoms. The van der Waals surface area contributed by atoms with E-state index in [1.54, 1.807) is 15.9 Å². The highest BCUT2D eigenvalue weighted by molar-refractivity contribution is 5.78. The van der Waals surface area contributed by atoms with Gasteiger partial charge in [-0.15, -0.1) is 5.10 Å². The number of rotatable bonds is 6. The molecule has 2 aliphatic heterocycles. The zero-order valence-corrected chi connectivity index (χ0v) is 14.5. The third-order valence-electron chi connectivity index (χ3n) is 5.30. The standard InChI is InChI=1S/C16H26N6O3/c23-10-9-21-12-16(6-4-15(21)25)5-2-7-20(11-16)14(24)3-1-8-22-13-17-18-19-22/h13,23H,1-12H2. The van der Waals surface area contributed by atoms with Crippen molar-refractivity contribution in [1.29, 1.82) is 0 Å². The maximum atomic E-state index is 12.6. The number of hydrogen-bond acceptors (Lipinski definition) is 6. The third kappa shape index (κ3) is 4.33. The maximum Gasteiger partial charge on any atom is 0.222 e. The maximum absolute atomic E-state index is 12.6. The van der Waals surface area contributed by atoms with E-state index in [4.69, 9.17) is 5.11 Å². The van der Waals surface area contributed by atoms with E-state index in [-0.39, 0.29) is 23.8 Å². The second-order valence-corrected chi connectivity index (χ2v) is 7.13. The van der Waals surface area contributed by atoms with Crippen LogP contribution in [-0.2, 0) is 16.1 Å². The first-order valence-electron chi connectivity index (χ1n) is 8.99. The monoisotopic (exact) mass is 350 g/mol. The highest BCUT2D eigenvalue weighted by Gasteiger charge is 2.42. The van der Waals surface area contributed by atoms with Crippen LogP contribution in [0.4, 0.5) is 0 Å². The number of aryl methyl sites for hydroxylation is 1. The van der Waals surface area contributed by atoms with Crippen LogP contribution in [0.25, 0.3) is 0 Å². The number of β-amino-alcohol motifs (C(OH)–C–C–N with tert-alkyl or cyclic N) is 1. The van der Waals surface area contributed by atoms with Crippen molar-refractivity contribution in [2.75, 3.05) is 32.8 Å². The summed E-state index contributed by atoms with van der Waals surface area (Å²) in [6, 6.07) is 0. The van der Waals surface area contributed by atoms with Crippen molar-refractivity contribution < 1.29 is 14.7 Å². The smallest absolute Gasteiger partial charge is 0.222 e. The van der Waals surface area contributed by atoms with Crippen molar-refractivity contribution >= 4 is 11.8 Å². The van der Waals surface area contributed by atoms with Crippen LogP contribution in [0.2, 0.25) is 0 Å². The van der Waals surface area contributed by atoms with Gasteiger partial charge in [0.05, 0.1) is 6.61 Å². The number of carbonyl (C=O) groups is 2. The SMILES string of the molecule is O=C1CCC2(CCCN(C(=O)CCCn3cnnn3)C2)CN1CCO. The van der Waals surface area contributed by atoms with Crippen LogP contribution in [0, 0.1) is 5.41 Å². The lowest BCUT2D eigenvalue weighted by molar-refractivity contribution is -0.143. The number of aliphatic hydroxyl groups is 1. The first-order chi connectivity index (χ1) is 12.1. The first kappa shape index (κ1) is 17.8. The van der Waals surface area contributed by atoms with Gasteiger partial charge in [0.15, 0.2) is 0 Å². The van der Waals surface area contributed by atoms with Crippen molar-refractivity contribution in [2.24, 2.45) is 5.41 Å². The van der Waals surface area contributed by atoms with Crippen LogP contribution in [-0.4, -0.2) is 79.7 Å². The lowest BCUT2D eigenvalue weighted by Gasteiger charge is -2.48. The van der Waals surface area contributed by atoms with E-state index < -0.39 is 0 Å². The average molecular weight is 350 g/mol. The minimum atomic E-state index is -0.0123. The molecule has 1 unspecified atom stereocenters. The Hall–Kier alpha value is -2.03. The van der Waals surface area contributed by atoms with E-state index in [0.717, 1.165) is 25.8 Å². The van der Waals surface area contributed by atoms with E-state index in [1.807, 2.05) is 4.90 Å². The van der Waals surface area contributed by atoms with Crippen molar-refractivity contribution in [2.45, 2.75) is 45.1 Å². The van der Waals surface area contributed by atoms with Gasteiger partial charge < -0.3 is 14.9 Å². The van der Waals surface area contributed by atoms with Crippen molar-refractivity contribution in [1.82, 2.24) is 30.0 Å². The molecule has 2 amide bonds. The number of likely N-dealkylation sites (tertiary alicyclic amines) is 2. The molecule has 0 aliphatic carbocycles. The van der Waals surface area contributed by atoms with Gasteiger partial charge >= 0.3 is 0 Å². The molecule has 1 aromatic rings. The molecule has 2 fully saturated rings. The first-order valence-corrected chi connectivity index (χ1v) is 8.99. The van der Waals surface area contributed by atoms with E-state index >= 15 is 0 Å². The fraction of sp³-hybridized carbons (Fsp3) is 0.812. The molecule has 9 nitrogen and oxygen atoms in total. The van der Waals surface area contributed by atoms with Crippen molar-refractivity contribution in [3.8, 4) is 0 Å². The van der Waals surface area contributed by atoms with Gasteiger partial charge in [-0.1, -0.05) is 0 Å². The Balaban J connectivity index is 1.53. The van der Waals surface area contributed by atoms with Crippen LogP contribution in [0.1, 0.15) is 38.5 Å². The molecule has 0 aromatic carbocycles. The summed E-state index contributed by atoms with van der Waals surface area (Å²) in [5.74, 6) is 0.280. The Labute approximate surface area is 147 Å². The van der Waals surface area contributed by atoms with Gasteiger partial charge in [0, 0.05) is 51.0 Å². The van der Waals surface area contributed by atoms with Gasteiger partial charge in [0.1, 0.15) is 6.33 Å². The number of aliphatic hydroxyl groups excluding tert-OH is 1. The predicted molar refractivity (Wildman–Crippen MR) is 88.2 cm³/mol. The second-order valence-electron chi connectivity index (χ2n) is 7.13. The number of hydrogen-bond donors (Lipinski definition) is 1. The summed E-state index contributed by atoms with van der Waals surface area (Å²) in [6.45, 7) is 3.17. The van der Waals surface area contributed by atoms with E-state index in [9.17, 15) is 9.59 Å². The van der Waals surface area contributed by atoms with Gasteiger partial charge in [0.25, 0.3) is 0 Å². The van der Waals surface area contributed by atoms with E-state index in [2.05, 4.69) is 15.5 Å². The molecule has 0 radical (unpaired) electrons. The second kappa shape index (κ2) is 7.90. The molecule has 3 rings (SSSR count). The van der Waals surface area contributed by atoms with Crippen LogP contribution >= 0.6 is 0 Å². The van der Waals surface area contributed by atoms with Crippen LogP contribution in [0.3, 0.4) is 0 Å². The van der Waals surface area contributed by atoms with Gasteiger partial charge in [-0.3, -0.25) is 9.59 Å². The normalized spacial score (nSPS) is 24.1. The number of aromatic nitrogens is 4. The van der Waals surface area contributed by atoms with Gasteiger partial charge in [-0.2, -0.15) is 0 Å². The molecule has 3 heterocycles. The summed E-state index contributed by atoms with van der Waals surface area (Å²) >= 11 is 0. The Morgan fingerprint density at radius 3 is 2.92 bits per heavy atom. The highest BCUT2D eigenvalue weighted by atomic mass is 16.3. The number of carbonyl (C=O) groups excluding carboxylic acids is 2. The predicted octanol–water partition coefficient (Wildman–Crippen LogP) is -0.323. The number of amides is 2. The average Bonchev–Trinajstić information content (AvgIpc) is 3.12. The summed E-state index contributed by atoms with van der Waals surface area (Å²) in [6.07, 6.45) is 6.10. The third-order valence-corrected chi connectivity index (χ3v) is 5.30. The van der Waals surface area contributed by atoms with Crippen LogP contribution in [0.5, 0.6) is 0 Å². The van der Waals surface area contributed by atoms with Gasteiger partial charge in [-0.05, 0) is 36.1 Å². The quantitative estimate of drug-likeness (QED) is 0.754. The molecule has 1 spiro atoms. The lowest BCUT2D eigenvalue weighted by atomic mass is 9.73.